The van der Waals surface area contributed by atoms with Crippen LogP contribution in [-0.2, 0) is 6.54 Å². The SMILES string of the molecule is CN1CCN([C@@H]2C[C@@H]3CN(Cc4cncc(Cl)c4)C[C@@H]3C[C@H]2O)CC1. The first-order valence-corrected chi connectivity index (χ1v) is 9.88. The quantitative estimate of drug-likeness (QED) is 0.881. The highest BCUT2D eigenvalue weighted by atomic mass is 35.5. The summed E-state index contributed by atoms with van der Waals surface area (Å²) in [7, 11) is 2.18. The van der Waals surface area contributed by atoms with Crippen LogP contribution in [0.3, 0.4) is 0 Å². The molecule has 3 heterocycles. The molecule has 0 spiro atoms. The van der Waals surface area contributed by atoms with Crippen molar-refractivity contribution in [2.24, 2.45) is 11.8 Å². The van der Waals surface area contributed by atoms with Crippen molar-refractivity contribution in [1.82, 2.24) is 19.7 Å². The van der Waals surface area contributed by atoms with Gasteiger partial charge in [-0.3, -0.25) is 14.8 Å². The Bertz CT molecular complexity index is 593. The Kier molecular flexibility index (Phi) is 5.30. The van der Waals surface area contributed by atoms with E-state index in [9.17, 15) is 5.11 Å². The molecule has 0 aromatic carbocycles. The lowest BCUT2D eigenvalue weighted by Gasteiger charge is -2.44. The molecule has 138 valence electrons. The zero-order valence-electron chi connectivity index (χ0n) is 15.0. The molecule has 6 heteroatoms. The molecule has 3 aliphatic rings. The summed E-state index contributed by atoms with van der Waals surface area (Å²) in [6.07, 6.45) is 5.52. The molecule has 0 unspecified atom stereocenters. The first-order chi connectivity index (χ1) is 12.1. The molecule has 2 aliphatic heterocycles. The van der Waals surface area contributed by atoms with Crippen molar-refractivity contribution in [2.45, 2.75) is 31.5 Å². The number of hydrogen-bond acceptors (Lipinski definition) is 5. The fraction of sp³-hybridized carbons (Fsp3) is 0.737. The van der Waals surface area contributed by atoms with Crippen molar-refractivity contribution in [3.8, 4) is 0 Å². The van der Waals surface area contributed by atoms with Gasteiger partial charge in [0.05, 0.1) is 11.1 Å². The minimum Gasteiger partial charge on any atom is -0.391 e. The number of likely N-dealkylation sites (N-methyl/N-ethyl adjacent to an activating group) is 1. The van der Waals surface area contributed by atoms with Gasteiger partial charge in [-0.15, -0.1) is 0 Å². The third-order valence-corrected chi connectivity index (χ3v) is 6.57. The second-order valence-electron chi connectivity index (χ2n) is 8.17. The normalized spacial score (nSPS) is 35.0. The maximum atomic E-state index is 10.7. The molecule has 2 saturated heterocycles. The summed E-state index contributed by atoms with van der Waals surface area (Å²) in [5, 5.41) is 11.5. The molecule has 1 N–H and O–H groups in total. The number of piperazine rings is 1. The number of hydrogen-bond donors (Lipinski definition) is 1. The number of aliphatic hydroxyl groups excluding tert-OH is 1. The van der Waals surface area contributed by atoms with Gasteiger partial charge in [-0.1, -0.05) is 11.6 Å². The van der Waals surface area contributed by atoms with E-state index in [0.29, 0.717) is 22.9 Å². The number of nitrogens with zero attached hydrogens (tertiary/aromatic N) is 4. The van der Waals surface area contributed by atoms with Crippen molar-refractivity contribution < 1.29 is 5.11 Å². The van der Waals surface area contributed by atoms with Crippen LogP contribution in [-0.4, -0.2) is 83.3 Å². The maximum Gasteiger partial charge on any atom is 0.0698 e. The van der Waals surface area contributed by atoms with Crippen molar-refractivity contribution >= 4 is 11.6 Å². The molecule has 1 saturated carbocycles. The minimum absolute atomic E-state index is 0.169. The van der Waals surface area contributed by atoms with Crippen LogP contribution in [0.15, 0.2) is 18.5 Å². The highest BCUT2D eigenvalue weighted by molar-refractivity contribution is 6.30. The molecule has 1 aliphatic carbocycles. The van der Waals surface area contributed by atoms with E-state index in [0.717, 1.165) is 58.7 Å². The van der Waals surface area contributed by atoms with E-state index in [1.165, 1.54) is 5.56 Å². The first-order valence-electron chi connectivity index (χ1n) is 9.51. The van der Waals surface area contributed by atoms with Crippen molar-refractivity contribution in [3.63, 3.8) is 0 Å². The molecular formula is C19H29ClN4O. The fourth-order valence-corrected chi connectivity index (χ4v) is 5.18. The molecule has 1 aromatic heterocycles. The zero-order valence-corrected chi connectivity index (χ0v) is 15.8. The third-order valence-electron chi connectivity index (χ3n) is 6.36. The number of pyridine rings is 1. The Balaban J connectivity index is 1.36. The topological polar surface area (TPSA) is 42.8 Å². The van der Waals surface area contributed by atoms with Gasteiger partial charge >= 0.3 is 0 Å². The van der Waals surface area contributed by atoms with Crippen LogP contribution >= 0.6 is 11.6 Å². The van der Waals surface area contributed by atoms with E-state index in [1.54, 1.807) is 6.20 Å². The molecule has 5 nitrogen and oxygen atoms in total. The molecule has 4 atom stereocenters. The number of aromatic nitrogens is 1. The first kappa shape index (κ1) is 17.7. The molecule has 0 radical (unpaired) electrons. The van der Waals surface area contributed by atoms with E-state index in [-0.39, 0.29) is 6.10 Å². The van der Waals surface area contributed by atoms with Crippen molar-refractivity contribution in [1.29, 1.82) is 0 Å². The number of halogens is 1. The van der Waals surface area contributed by atoms with Crippen LogP contribution in [0.25, 0.3) is 0 Å². The second-order valence-corrected chi connectivity index (χ2v) is 8.61. The van der Waals surface area contributed by atoms with Crippen LogP contribution in [0.2, 0.25) is 5.02 Å². The summed E-state index contributed by atoms with van der Waals surface area (Å²) in [4.78, 5) is 11.6. The number of aliphatic hydroxyl groups is 1. The summed E-state index contributed by atoms with van der Waals surface area (Å²) < 4.78 is 0. The maximum absolute atomic E-state index is 10.7. The Morgan fingerprint density at radius 3 is 2.56 bits per heavy atom. The standard InChI is InChI=1S/C19H29ClN4O/c1-22-2-4-24(5-3-22)18-7-15-12-23(13-16(15)8-19(18)25)11-14-6-17(20)10-21-9-14/h6,9-10,15-16,18-19,25H,2-5,7-8,11-13H2,1H3/t15-,16+,18-,19-/m1/s1. The van der Waals surface area contributed by atoms with Gasteiger partial charge in [0.25, 0.3) is 0 Å². The number of likely N-dealkylation sites (tertiary alicyclic amines) is 1. The van der Waals surface area contributed by atoms with Gasteiger partial charge in [0.1, 0.15) is 0 Å². The Hall–Kier alpha value is -0.720. The van der Waals surface area contributed by atoms with E-state index < -0.39 is 0 Å². The Labute approximate surface area is 155 Å². The summed E-state index contributed by atoms with van der Waals surface area (Å²) in [6.45, 7) is 7.55. The zero-order chi connectivity index (χ0) is 17.4. The number of rotatable bonds is 3. The van der Waals surface area contributed by atoms with Gasteiger partial charge in [-0.2, -0.15) is 0 Å². The van der Waals surface area contributed by atoms with E-state index in [4.69, 9.17) is 11.6 Å². The molecule has 0 bridgehead atoms. The van der Waals surface area contributed by atoms with Crippen molar-refractivity contribution in [3.05, 3.63) is 29.0 Å². The van der Waals surface area contributed by atoms with E-state index >= 15 is 0 Å². The molecule has 25 heavy (non-hydrogen) atoms. The van der Waals surface area contributed by atoms with Crippen LogP contribution < -0.4 is 0 Å². The fourth-order valence-electron chi connectivity index (χ4n) is 4.98. The van der Waals surface area contributed by atoms with E-state index in [2.05, 4.69) is 26.7 Å². The largest absolute Gasteiger partial charge is 0.391 e. The van der Waals surface area contributed by atoms with Gasteiger partial charge in [-0.05, 0) is 43.4 Å². The highest BCUT2D eigenvalue weighted by Gasteiger charge is 2.43. The molecule has 0 amide bonds. The lowest BCUT2D eigenvalue weighted by atomic mass is 9.77. The molecule has 3 fully saturated rings. The third kappa shape index (κ3) is 4.01. The van der Waals surface area contributed by atoms with Crippen LogP contribution in [0, 0.1) is 11.8 Å². The van der Waals surface area contributed by atoms with Gasteiger partial charge in [0.15, 0.2) is 0 Å². The van der Waals surface area contributed by atoms with Crippen molar-refractivity contribution in [2.75, 3.05) is 46.3 Å². The summed E-state index contributed by atoms with van der Waals surface area (Å²) in [5.41, 5.74) is 1.18. The van der Waals surface area contributed by atoms with Crippen LogP contribution in [0.5, 0.6) is 0 Å². The Morgan fingerprint density at radius 1 is 1.12 bits per heavy atom. The smallest absolute Gasteiger partial charge is 0.0698 e. The molecule has 4 rings (SSSR count). The second kappa shape index (κ2) is 7.49. The van der Waals surface area contributed by atoms with Gasteiger partial charge < -0.3 is 10.0 Å². The predicted molar refractivity (Wildman–Crippen MR) is 99.6 cm³/mol. The number of fused-ring (bicyclic) bond motifs is 1. The summed E-state index contributed by atoms with van der Waals surface area (Å²) in [5.74, 6) is 1.34. The average Bonchev–Trinajstić information content (AvgIpc) is 2.96. The Morgan fingerprint density at radius 2 is 1.84 bits per heavy atom. The molecular weight excluding hydrogens is 336 g/mol. The highest BCUT2D eigenvalue weighted by Crippen LogP contribution is 2.39. The predicted octanol–water partition coefficient (Wildman–Crippen LogP) is 1.55. The van der Waals surface area contributed by atoms with Gasteiger partial charge in [0, 0.05) is 64.2 Å². The molecule has 1 aromatic rings. The summed E-state index contributed by atoms with van der Waals surface area (Å²) >= 11 is 6.06. The lowest BCUT2D eigenvalue weighted by Crippen LogP contribution is -2.55. The van der Waals surface area contributed by atoms with E-state index in [1.807, 2.05) is 12.3 Å². The monoisotopic (exact) mass is 364 g/mol. The summed E-state index contributed by atoms with van der Waals surface area (Å²) in [6, 6.07) is 2.36. The average molecular weight is 365 g/mol. The minimum atomic E-state index is -0.169. The van der Waals surface area contributed by atoms with Gasteiger partial charge in [-0.25, -0.2) is 0 Å². The van der Waals surface area contributed by atoms with Crippen LogP contribution in [0.4, 0.5) is 0 Å². The van der Waals surface area contributed by atoms with Gasteiger partial charge in [0.2, 0.25) is 0 Å². The van der Waals surface area contributed by atoms with Crippen LogP contribution in [0.1, 0.15) is 18.4 Å². The lowest BCUT2D eigenvalue weighted by molar-refractivity contribution is -0.0249.